The summed E-state index contributed by atoms with van der Waals surface area (Å²) in [5, 5.41) is 4.58. The second-order valence-electron chi connectivity index (χ2n) is 6.67. The Bertz CT molecular complexity index is 443. The van der Waals surface area contributed by atoms with E-state index in [0.29, 0.717) is 5.41 Å². The summed E-state index contributed by atoms with van der Waals surface area (Å²) in [4.78, 5) is 6.18. The van der Waals surface area contributed by atoms with Gasteiger partial charge in [-0.3, -0.25) is 0 Å². The molecule has 0 saturated heterocycles. The molecular weight excluding hydrogens is 268 g/mol. The van der Waals surface area contributed by atoms with Crippen LogP contribution in [-0.2, 0) is 16.9 Å². The molecule has 2 rings (SSSR count). The number of nitrogens with one attached hydrogen (secondary N) is 1. The van der Waals surface area contributed by atoms with Crippen LogP contribution in [0, 0.1) is 12.3 Å². The molecule has 1 aliphatic carbocycles. The highest BCUT2D eigenvalue weighted by Gasteiger charge is 2.42. The zero-order valence-corrected chi connectivity index (χ0v) is 14.3. The van der Waals surface area contributed by atoms with Crippen molar-refractivity contribution >= 4 is 11.3 Å². The third kappa shape index (κ3) is 3.23. The minimum atomic E-state index is -0.143. The number of ether oxygens (including phenoxy) is 1. The Morgan fingerprint density at radius 1 is 1.25 bits per heavy atom. The monoisotopic (exact) mass is 296 g/mol. The van der Waals surface area contributed by atoms with Crippen LogP contribution in [0.15, 0.2) is 0 Å². The van der Waals surface area contributed by atoms with E-state index in [1.165, 1.54) is 22.7 Å². The molecular formula is C16H28N2OS. The highest BCUT2D eigenvalue weighted by Crippen LogP contribution is 2.48. The first-order valence-corrected chi connectivity index (χ1v) is 8.47. The Labute approximate surface area is 127 Å². The molecule has 1 aromatic heterocycles. The van der Waals surface area contributed by atoms with Crippen LogP contribution in [0.25, 0.3) is 0 Å². The molecule has 1 aliphatic rings. The number of nitrogens with zero attached hydrogens (tertiary/aromatic N) is 1. The number of rotatable bonds is 5. The summed E-state index contributed by atoms with van der Waals surface area (Å²) in [5.74, 6) is 0. The van der Waals surface area contributed by atoms with Gasteiger partial charge in [-0.05, 0) is 44.6 Å². The molecule has 20 heavy (non-hydrogen) atoms. The smallest absolute Gasteiger partial charge is 0.125 e. The molecule has 3 nitrogen and oxygen atoms in total. The standard InChI is InChI=1S/C16H28N2OS/c1-6-17-11-13-12(2)18-14(20-13)16(19-5)9-7-15(3,4)8-10-16/h17H,6-11H2,1-5H3. The summed E-state index contributed by atoms with van der Waals surface area (Å²) in [6.07, 6.45) is 4.60. The number of thiazole rings is 1. The fraction of sp³-hybridized carbons (Fsp3) is 0.812. The van der Waals surface area contributed by atoms with Crippen molar-refractivity contribution < 1.29 is 4.74 Å². The molecule has 0 spiro atoms. The van der Waals surface area contributed by atoms with Crippen LogP contribution < -0.4 is 5.32 Å². The van der Waals surface area contributed by atoms with E-state index >= 15 is 0 Å². The highest BCUT2D eigenvalue weighted by atomic mass is 32.1. The molecule has 0 radical (unpaired) electrons. The molecule has 1 fully saturated rings. The first-order chi connectivity index (χ1) is 9.42. The van der Waals surface area contributed by atoms with Gasteiger partial charge in [-0.15, -0.1) is 11.3 Å². The molecule has 0 aliphatic heterocycles. The van der Waals surface area contributed by atoms with Gasteiger partial charge in [0, 0.05) is 18.5 Å². The second kappa shape index (κ2) is 6.12. The van der Waals surface area contributed by atoms with E-state index < -0.39 is 0 Å². The van der Waals surface area contributed by atoms with Gasteiger partial charge in [0.2, 0.25) is 0 Å². The average Bonchev–Trinajstić information content (AvgIpc) is 2.79. The van der Waals surface area contributed by atoms with Gasteiger partial charge in [0.05, 0.1) is 5.69 Å². The lowest BCUT2D eigenvalue weighted by atomic mass is 9.71. The van der Waals surface area contributed by atoms with Crippen LogP contribution in [0.3, 0.4) is 0 Å². The molecule has 1 heterocycles. The number of aryl methyl sites for hydroxylation is 1. The van der Waals surface area contributed by atoms with Gasteiger partial charge in [0.25, 0.3) is 0 Å². The van der Waals surface area contributed by atoms with Crippen molar-refractivity contribution in [1.29, 1.82) is 0 Å². The van der Waals surface area contributed by atoms with Crippen molar-refractivity contribution in [3.63, 3.8) is 0 Å². The van der Waals surface area contributed by atoms with Gasteiger partial charge >= 0.3 is 0 Å². The van der Waals surface area contributed by atoms with Gasteiger partial charge in [-0.25, -0.2) is 4.98 Å². The first kappa shape index (κ1) is 15.9. The molecule has 0 bridgehead atoms. The molecule has 114 valence electrons. The average molecular weight is 296 g/mol. The van der Waals surface area contributed by atoms with Crippen LogP contribution >= 0.6 is 11.3 Å². The number of aromatic nitrogens is 1. The fourth-order valence-electron chi connectivity index (χ4n) is 2.86. The van der Waals surface area contributed by atoms with E-state index in [0.717, 1.165) is 31.6 Å². The molecule has 0 aromatic carbocycles. The van der Waals surface area contributed by atoms with Gasteiger partial charge in [-0.2, -0.15) is 0 Å². The maximum atomic E-state index is 5.96. The normalized spacial score (nSPS) is 21.1. The third-order valence-electron chi connectivity index (χ3n) is 4.62. The highest BCUT2D eigenvalue weighted by molar-refractivity contribution is 7.11. The third-order valence-corrected chi connectivity index (χ3v) is 5.96. The maximum Gasteiger partial charge on any atom is 0.125 e. The minimum Gasteiger partial charge on any atom is -0.371 e. The van der Waals surface area contributed by atoms with Crippen LogP contribution in [0.1, 0.15) is 62.0 Å². The molecule has 0 unspecified atom stereocenters. The van der Waals surface area contributed by atoms with Crippen LogP contribution in [0.5, 0.6) is 0 Å². The quantitative estimate of drug-likeness (QED) is 0.891. The lowest BCUT2D eigenvalue weighted by molar-refractivity contribution is -0.0668. The number of hydrogen-bond donors (Lipinski definition) is 1. The van der Waals surface area contributed by atoms with Crippen molar-refractivity contribution in [2.75, 3.05) is 13.7 Å². The van der Waals surface area contributed by atoms with Crippen molar-refractivity contribution in [3.05, 3.63) is 15.6 Å². The predicted molar refractivity (Wildman–Crippen MR) is 85.2 cm³/mol. The number of methoxy groups -OCH3 is 1. The fourth-order valence-corrected chi connectivity index (χ4v) is 4.12. The van der Waals surface area contributed by atoms with Gasteiger partial charge in [0.1, 0.15) is 10.6 Å². The number of hydrogen-bond acceptors (Lipinski definition) is 4. The molecule has 1 N–H and O–H groups in total. The SMILES string of the molecule is CCNCc1sc(C2(OC)CCC(C)(C)CC2)nc1C. The molecule has 0 amide bonds. The summed E-state index contributed by atoms with van der Waals surface area (Å²) in [5.41, 5.74) is 1.46. The Morgan fingerprint density at radius 2 is 1.90 bits per heavy atom. The lowest BCUT2D eigenvalue weighted by Crippen LogP contribution is -2.36. The first-order valence-electron chi connectivity index (χ1n) is 7.65. The van der Waals surface area contributed by atoms with E-state index in [-0.39, 0.29) is 5.60 Å². The Balaban J connectivity index is 2.20. The zero-order chi connectivity index (χ0) is 14.8. The lowest BCUT2D eigenvalue weighted by Gasteiger charge is -2.41. The van der Waals surface area contributed by atoms with Crippen molar-refractivity contribution in [2.24, 2.45) is 5.41 Å². The summed E-state index contributed by atoms with van der Waals surface area (Å²) >= 11 is 1.83. The Morgan fingerprint density at radius 3 is 2.45 bits per heavy atom. The largest absolute Gasteiger partial charge is 0.371 e. The van der Waals surface area contributed by atoms with Crippen molar-refractivity contribution in [3.8, 4) is 0 Å². The van der Waals surface area contributed by atoms with Crippen molar-refractivity contribution in [1.82, 2.24) is 10.3 Å². The summed E-state index contributed by atoms with van der Waals surface area (Å²) in [7, 11) is 1.85. The minimum absolute atomic E-state index is 0.143. The van der Waals surface area contributed by atoms with E-state index in [1.54, 1.807) is 0 Å². The zero-order valence-electron chi connectivity index (χ0n) is 13.5. The Hall–Kier alpha value is -0.450. The maximum absolute atomic E-state index is 5.96. The molecule has 1 saturated carbocycles. The topological polar surface area (TPSA) is 34.1 Å². The van der Waals surface area contributed by atoms with E-state index in [4.69, 9.17) is 9.72 Å². The Kier molecular flexibility index (Phi) is 4.88. The van der Waals surface area contributed by atoms with Crippen LogP contribution in [0.2, 0.25) is 0 Å². The summed E-state index contributed by atoms with van der Waals surface area (Å²) in [6.45, 7) is 10.9. The summed E-state index contributed by atoms with van der Waals surface area (Å²) in [6, 6.07) is 0. The van der Waals surface area contributed by atoms with Crippen molar-refractivity contribution in [2.45, 2.75) is 65.5 Å². The summed E-state index contributed by atoms with van der Waals surface area (Å²) < 4.78 is 5.96. The van der Waals surface area contributed by atoms with Gasteiger partial charge < -0.3 is 10.1 Å². The van der Waals surface area contributed by atoms with Gasteiger partial charge in [-0.1, -0.05) is 20.8 Å². The molecule has 0 atom stereocenters. The second-order valence-corrected chi connectivity index (χ2v) is 7.75. The van der Waals surface area contributed by atoms with Crippen LogP contribution in [0.4, 0.5) is 0 Å². The van der Waals surface area contributed by atoms with E-state index in [9.17, 15) is 0 Å². The van der Waals surface area contributed by atoms with E-state index in [1.807, 2.05) is 18.4 Å². The molecule has 4 heteroatoms. The van der Waals surface area contributed by atoms with Gasteiger partial charge in [0.15, 0.2) is 0 Å². The van der Waals surface area contributed by atoms with Crippen LogP contribution in [-0.4, -0.2) is 18.6 Å². The predicted octanol–water partition coefficient (Wildman–Crippen LogP) is 4.00. The van der Waals surface area contributed by atoms with E-state index in [2.05, 4.69) is 33.0 Å². The molecule has 1 aromatic rings.